The minimum Gasteiger partial charge on any atom is -0.384 e. The standard InChI is InChI=1S/C16H24N2O2/c1-20-12-14-7-9-18(10-8-14)16(19)15(17)11-13-5-3-2-4-6-13/h2-6,14-15H,7-12,17H2,1H3/t15-/m0/s1. The summed E-state index contributed by atoms with van der Waals surface area (Å²) in [5, 5.41) is 0. The van der Waals surface area contributed by atoms with Crippen molar-refractivity contribution in [3.05, 3.63) is 35.9 Å². The van der Waals surface area contributed by atoms with E-state index in [1.54, 1.807) is 7.11 Å². The van der Waals surface area contributed by atoms with Crippen LogP contribution in [0.25, 0.3) is 0 Å². The third kappa shape index (κ3) is 4.05. The molecule has 1 amide bonds. The lowest BCUT2D eigenvalue weighted by Crippen LogP contribution is -2.48. The van der Waals surface area contributed by atoms with Crippen LogP contribution in [-0.4, -0.2) is 43.7 Å². The van der Waals surface area contributed by atoms with E-state index in [1.807, 2.05) is 35.2 Å². The van der Waals surface area contributed by atoms with Gasteiger partial charge in [0.2, 0.25) is 5.91 Å². The quantitative estimate of drug-likeness (QED) is 0.885. The number of piperidine rings is 1. The number of nitrogens with zero attached hydrogens (tertiary/aromatic N) is 1. The van der Waals surface area contributed by atoms with Crippen molar-refractivity contribution in [2.75, 3.05) is 26.8 Å². The van der Waals surface area contributed by atoms with Gasteiger partial charge < -0.3 is 15.4 Å². The van der Waals surface area contributed by atoms with Crippen molar-refractivity contribution >= 4 is 5.91 Å². The average Bonchev–Trinajstić information content (AvgIpc) is 2.48. The molecule has 2 N–H and O–H groups in total. The first-order valence-electron chi connectivity index (χ1n) is 7.28. The van der Waals surface area contributed by atoms with Crippen molar-refractivity contribution in [3.63, 3.8) is 0 Å². The van der Waals surface area contributed by atoms with Gasteiger partial charge >= 0.3 is 0 Å². The van der Waals surface area contributed by atoms with Crippen molar-refractivity contribution in [3.8, 4) is 0 Å². The predicted molar refractivity (Wildman–Crippen MR) is 79.3 cm³/mol. The minimum atomic E-state index is -0.434. The number of likely N-dealkylation sites (tertiary alicyclic amines) is 1. The fourth-order valence-corrected chi connectivity index (χ4v) is 2.75. The number of methoxy groups -OCH3 is 1. The van der Waals surface area contributed by atoms with Crippen molar-refractivity contribution in [2.24, 2.45) is 11.7 Å². The molecule has 0 spiro atoms. The summed E-state index contributed by atoms with van der Waals surface area (Å²) >= 11 is 0. The lowest BCUT2D eigenvalue weighted by molar-refractivity contribution is -0.134. The zero-order chi connectivity index (χ0) is 14.4. The molecule has 0 saturated carbocycles. The largest absolute Gasteiger partial charge is 0.384 e. The zero-order valence-electron chi connectivity index (χ0n) is 12.1. The van der Waals surface area contributed by atoms with Gasteiger partial charge in [0.1, 0.15) is 0 Å². The number of carbonyl (C=O) groups excluding carboxylic acids is 1. The minimum absolute atomic E-state index is 0.0738. The van der Waals surface area contributed by atoms with E-state index in [4.69, 9.17) is 10.5 Å². The molecule has 1 aliphatic heterocycles. The van der Waals surface area contributed by atoms with Crippen LogP contribution in [0.15, 0.2) is 30.3 Å². The number of benzene rings is 1. The summed E-state index contributed by atoms with van der Waals surface area (Å²) in [4.78, 5) is 14.2. The van der Waals surface area contributed by atoms with Gasteiger partial charge in [-0.15, -0.1) is 0 Å². The zero-order valence-corrected chi connectivity index (χ0v) is 12.1. The fourth-order valence-electron chi connectivity index (χ4n) is 2.75. The number of amides is 1. The van der Waals surface area contributed by atoms with Gasteiger partial charge in [0.15, 0.2) is 0 Å². The molecular weight excluding hydrogens is 252 g/mol. The molecule has 1 aromatic carbocycles. The van der Waals surface area contributed by atoms with Crippen LogP contribution >= 0.6 is 0 Å². The number of hydrogen-bond donors (Lipinski definition) is 1. The average molecular weight is 276 g/mol. The molecule has 1 aromatic rings. The van der Waals surface area contributed by atoms with E-state index in [1.165, 1.54) is 0 Å². The maximum Gasteiger partial charge on any atom is 0.239 e. The lowest BCUT2D eigenvalue weighted by atomic mass is 9.96. The van der Waals surface area contributed by atoms with E-state index in [-0.39, 0.29) is 5.91 Å². The first-order chi connectivity index (χ1) is 9.70. The second kappa shape index (κ2) is 7.41. The first-order valence-corrected chi connectivity index (χ1v) is 7.28. The fraction of sp³-hybridized carbons (Fsp3) is 0.562. The normalized spacial score (nSPS) is 18.0. The van der Waals surface area contributed by atoms with Crippen molar-refractivity contribution < 1.29 is 9.53 Å². The Morgan fingerprint density at radius 3 is 2.60 bits per heavy atom. The summed E-state index contributed by atoms with van der Waals surface area (Å²) in [5.41, 5.74) is 7.17. The molecule has 1 aliphatic rings. The Kier molecular flexibility index (Phi) is 5.56. The Bertz CT molecular complexity index is 414. The number of hydrogen-bond acceptors (Lipinski definition) is 3. The lowest BCUT2D eigenvalue weighted by Gasteiger charge is -2.33. The third-order valence-electron chi connectivity index (χ3n) is 3.94. The number of nitrogens with two attached hydrogens (primary N) is 1. The Morgan fingerprint density at radius 2 is 2.00 bits per heavy atom. The molecule has 1 fully saturated rings. The molecule has 20 heavy (non-hydrogen) atoms. The van der Waals surface area contributed by atoms with Crippen LogP contribution in [0, 0.1) is 5.92 Å². The van der Waals surface area contributed by atoms with E-state index < -0.39 is 6.04 Å². The summed E-state index contributed by atoms with van der Waals surface area (Å²) in [5.74, 6) is 0.652. The molecule has 2 rings (SSSR count). The monoisotopic (exact) mass is 276 g/mol. The highest BCUT2D eigenvalue weighted by Crippen LogP contribution is 2.18. The van der Waals surface area contributed by atoms with Crippen molar-refractivity contribution in [1.29, 1.82) is 0 Å². The van der Waals surface area contributed by atoms with Crippen LogP contribution in [0.3, 0.4) is 0 Å². The Labute approximate surface area is 120 Å². The molecule has 1 saturated heterocycles. The SMILES string of the molecule is COCC1CCN(C(=O)[C@@H](N)Cc2ccccc2)CC1. The van der Waals surface area contributed by atoms with Crippen LogP contribution in [0.5, 0.6) is 0 Å². The van der Waals surface area contributed by atoms with Gasteiger partial charge in [0.05, 0.1) is 6.04 Å². The molecule has 4 nitrogen and oxygen atoms in total. The van der Waals surface area contributed by atoms with Gasteiger partial charge in [0.25, 0.3) is 0 Å². The summed E-state index contributed by atoms with van der Waals surface area (Å²) in [6, 6.07) is 9.51. The molecule has 0 aliphatic carbocycles. The molecule has 1 atom stereocenters. The van der Waals surface area contributed by atoms with Gasteiger partial charge in [-0.1, -0.05) is 30.3 Å². The number of ether oxygens (including phenoxy) is 1. The second-order valence-electron chi connectivity index (χ2n) is 5.52. The van der Waals surface area contributed by atoms with Gasteiger partial charge in [-0.05, 0) is 30.7 Å². The molecule has 4 heteroatoms. The summed E-state index contributed by atoms with van der Waals surface area (Å²) in [6.07, 6.45) is 2.63. The summed E-state index contributed by atoms with van der Waals surface area (Å²) in [6.45, 7) is 2.39. The highest BCUT2D eigenvalue weighted by atomic mass is 16.5. The highest BCUT2D eigenvalue weighted by Gasteiger charge is 2.26. The van der Waals surface area contributed by atoms with E-state index in [0.717, 1.165) is 38.1 Å². The number of rotatable bonds is 5. The highest BCUT2D eigenvalue weighted by molar-refractivity contribution is 5.82. The van der Waals surface area contributed by atoms with Crippen molar-refractivity contribution in [2.45, 2.75) is 25.3 Å². The van der Waals surface area contributed by atoms with Crippen molar-refractivity contribution in [1.82, 2.24) is 4.90 Å². The van der Waals surface area contributed by atoms with Crippen LogP contribution < -0.4 is 5.73 Å². The van der Waals surface area contributed by atoms with E-state index in [9.17, 15) is 4.79 Å². The van der Waals surface area contributed by atoms with E-state index in [2.05, 4.69) is 0 Å². The van der Waals surface area contributed by atoms with Crippen LogP contribution in [0.2, 0.25) is 0 Å². The molecule has 1 heterocycles. The molecule has 0 aromatic heterocycles. The Morgan fingerprint density at radius 1 is 1.35 bits per heavy atom. The maximum absolute atomic E-state index is 12.3. The third-order valence-corrected chi connectivity index (χ3v) is 3.94. The van der Waals surface area contributed by atoms with E-state index in [0.29, 0.717) is 12.3 Å². The summed E-state index contributed by atoms with van der Waals surface area (Å²) in [7, 11) is 1.73. The number of carbonyl (C=O) groups is 1. The van der Waals surface area contributed by atoms with Crippen LogP contribution in [0.1, 0.15) is 18.4 Å². The topological polar surface area (TPSA) is 55.6 Å². The maximum atomic E-state index is 12.3. The Hall–Kier alpha value is -1.39. The second-order valence-corrected chi connectivity index (χ2v) is 5.52. The first kappa shape index (κ1) is 15.0. The van der Waals surface area contributed by atoms with Gasteiger partial charge in [0, 0.05) is 26.8 Å². The molecule has 0 unspecified atom stereocenters. The molecule has 0 radical (unpaired) electrons. The predicted octanol–water partition coefficient (Wildman–Crippen LogP) is 1.44. The van der Waals surface area contributed by atoms with Crippen LogP contribution in [-0.2, 0) is 16.0 Å². The molecular formula is C16H24N2O2. The smallest absolute Gasteiger partial charge is 0.239 e. The molecule has 0 bridgehead atoms. The van der Waals surface area contributed by atoms with Gasteiger partial charge in [-0.2, -0.15) is 0 Å². The Balaban J connectivity index is 1.82. The van der Waals surface area contributed by atoms with Crippen LogP contribution in [0.4, 0.5) is 0 Å². The van der Waals surface area contributed by atoms with Gasteiger partial charge in [-0.25, -0.2) is 0 Å². The van der Waals surface area contributed by atoms with Gasteiger partial charge in [-0.3, -0.25) is 4.79 Å². The summed E-state index contributed by atoms with van der Waals surface area (Å²) < 4.78 is 5.18. The van der Waals surface area contributed by atoms with E-state index >= 15 is 0 Å². The molecule has 110 valence electrons.